The first kappa shape index (κ1) is 25.5. The van der Waals surface area contributed by atoms with Crippen molar-refractivity contribution in [1.29, 1.82) is 0 Å². The second-order valence-corrected chi connectivity index (χ2v) is 8.98. The third kappa shape index (κ3) is 7.70. The van der Waals surface area contributed by atoms with Crippen LogP contribution in [-0.2, 0) is 16.1 Å². The van der Waals surface area contributed by atoms with Gasteiger partial charge in [0, 0.05) is 22.6 Å². The average molecular weight is 530 g/mol. The Morgan fingerprint density at radius 2 is 1.71 bits per heavy atom. The van der Waals surface area contributed by atoms with Gasteiger partial charge in [0.2, 0.25) is 5.91 Å². The van der Waals surface area contributed by atoms with Crippen molar-refractivity contribution in [2.75, 3.05) is 6.61 Å². The van der Waals surface area contributed by atoms with E-state index in [9.17, 15) is 9.59 Å². The van der Waals surface area contributed by atoms with Crippen LogP contribution in [0, 0.1) is 0 Å². The van der Waals surface area contributed by atoms with E-state index in [2.05, 4.69) is 21.2 Å². The standard InChI is InChI=1S/C23H27BrCl2N2O3/c1-4-15(3)27-23(30)20(5-2)28(13-16-6-8-17(25)9-7-16)22(29)14-31-21-11-10-18(26)12-19(21)24/h6-12,15,20H,4-5,13-14H2,1-3H3,(H,27,30)/t15-,20+/m1/s1. The van der Waals surface area contributed by atoms with E-state index < -0.39 is 6.04 Å². The van der Waals surface area contributed by atoms with E-state index in [1.807, 2.05) is 32.9 Å². The number of benzene rings is 2. The Labute approximate surface area is 202 Å². The molecule has 2 aromatic rings. The van der Waals surface area contributed by atoms with Crippen LogP contribution in [0.4, 0.5) is 0 Å². The molecule has 2 amide bonds. The molecule has 168 valence electrons. The van der Waals surface area contributed by atoms with Gasteiger partial charge in [-0.3, -0.25) is 9.59 Å². The predicted molar refractivity (Wildman–Crippen MR) is 129 cm³/mol. The maximum atomic E-state index is 13.2. The zero-order chi connectivity index (χ0) is 23.0. The number of hydrogen-bond donors (Lipinski definition) is 1. The van der Waals surface area contributed by atoms with Crippen LogP contribution in [-0.4, -0.2) is 35.4 Å². The summed E-state index contributed by atoms with van der Waals surface area (Å²) < 4.78 is 6.37. The molecule has 0 aliphatic rings. The van der Waals surface area contributed by atoms with Gasteiger partial charge in [0.15, 0.2) is 6.61 Å². The van der Waals surface area contributed by atoms with Crippen molar-refractivity contribution >= 4 is 50.9 Å². The smallest absolute Gasteiger partial charge is 0.261 e. The van der Waals surface area contributed by atoms with Crippen molar-refractivity contribution < 1.29 is 14.3 Å². The fraction of sp³-hybridized carbons (Fsp3) is 0.391. The van der Waals surface area contributed by atoms with Gasteiger partial charge < -0.3 is 15.0 Å². The summed E-state index contributed by atoms with van der Waals surface area (Å²) in [5, 5.41) is 4.15. The van der Waals surface area contributed by atoms with Crippen LogP contribution in [0.2, 0.25) is 10.0 Å². The van der Waals surface area contributed by atoms with Crippen LogP contribution in [0.25, 0.3) is 0 Å². The molecule has 0 aliphatic heterocycles. The SMILES string of the molecule is CC[C@@H](C)NC(=O)[C@H](CC)N(Cc1ccc(Cl)cc1)C(=O)COc1ccc(Cl)cc1Br. The number of amides is 2. The van der Waals surface area contributed by atoms with E-state index in [1.165, 1.54) is 0 Å². The minimum absolute atomic E-state index is 0.0234. The molecule has 8 heteroatoms. The normalized spacial score (nSPS) is 12.7. The molecular formula is C23H27BrCl2N2O3. The number of nitrogens with zero attached hydrogens (tertiary/aromatic N) is 1. The van der Waals surface area contributed by atoms with E-state index >= 15 is 0 Å². The third-order valence-electron chi connectivity index (χ3n) is 4.90. The van der Waals surface area contributed by atoms with E-state index in [4.69, 9.17) is 27.9 Å². The van der Waals surface area contributed by atoms with Crippen molar-refractivity contribution in [2.45, 2.75) is 52.2 Å². The highest BCUT2D eigenvalue weighted by atomic mass is 79.9. The Bertz CT molecular complexity index is 893. The first-order chi connectivity index (χ1) is 14.7. The predicted octanol–water partition coefficient (Wildman–Crippen LogP) is 5.86. The van der Waals surface area contributed by atoms with Crippen molar-refractivity contribution in [3.63, 3.8) is 0 Å². The summed E-state index contributed by atoms with van der Waals surface area (Å²) in [6.45, 7) is 5.89. The molecule has 0 unspecified atom stereocenters. The van der Waals surface area contributed by atoms with Gasteiger partial charge in [-0.1, -0.05) is 49.2 Å². The van der Waals surface area contributed by atoms with Crippen molar-refractivity contribution in [2.24, 2.45) is 0 Å². The van der Waals surface area contributed by atoms with Gasteiger partial charge in [-0.2, -0.15) is 0 Å². The maximum absolute atomic E-state index is 13.2. The molecule has 0 heterocycles. The summed E-state index contributed by atoms with van der Waals surface area (Å²) in [5.41, 5.74) is 0.875. The van der Waals surface area contributed by atoms with E-state index in [0.29, 0.717) is 26.7 Å². The lowest BCUT2D eigenvalue weighted by molar-refractivity contribution is -0.143. The Hall–Kier alpha value is -1.76. The number of carbonyl (C=O) groups is 2. The first-order valence-corrected chi connectivity index (χ1v) is 11.7. The first-order valence-electron chi connectivity index (χ1n) is 10.2. The van der Waals surface area contributed by atoms with Crippen LogP contribution in [0.3, 0.4) is 0 Å². The third-order valence-corrected chi connectivity index (χ3v) is 6.00. The van der Waals surface area contributed by atoms with E-state index in [0.717, 1.165) is 12.0 Å². The zero-order valence-electron chi connectivity index (χ0n) is 17.8. The van der Waals surface area contributed by atoms with Gasteiger partial charge in [0.1, 0.15) is 11.8 Å². The highest BCUT2D eigenvalue weighted by Crippen LogP contribution is 2.28. The number of rotatable bonds is 10. The summed E-state index contributed by atoms with van der Waals surface area (Å²) in [6, 6.07) is 11.7. The molecule has 2 rings (SSSR count). The molecule has 0 saturated carbocycles. The topological polar surface area (TPSA) is 58.6 Å². The number of halogens is 3. The number of ether oxygens (including phenoxy) is 1. The van der Waals surface area contributed by atoms with Crippen molar-refractivity contribution in [1.82, 2.24) is 10.2 Å². The van der Waals surface area contributed by atoms with Crippen LogP contribution < -0.4 is 10.1 Å². The molecule has 5 nitrogen and oxygen atoms in total. The summed E-state index contributed by atoms with van der Waals surface area (Å²) in [7, 11) is 0. The minimum atomic E-state index is -0.616. The highest BCUT2D eigenvalue weighted by Gasteiger charge is 2.29. The molecule has 2 aromatic carbocycles. The van der Waals surface area contributed by atoms with Gasteiger partial charge in [-0.25, -0.2) is 0 Å². The second-order valence-electron chi connectivity index (χ2n) is 7.25. The Kier molecular flexibility index (Phi) is 10.1. The quantitative estimate of drug-likeness (QED) is 0.419. The van der Waals surface area contributed by atoms with Gasteiger partial charge in [-0.05, 0) is 71.6 Å². The fourth-order valence-corrected chi connectivity index (χ4v) is 3.88. The van der Waals surface area contributed by atoms with E-state index in [1.54, 1.807) is 35.2 Å². The van der Waals surface area contributed by atoms with Crippen LogP contribution >= 0.6 is 39.1 Å². The Balaban J connectivity index is 2.22. The monoisotopic (exact) mass is 528 g/mol. The van der Waals surface area contributed by atoms with Crippen LogP contribution in [0.5, 0.6) is 5.75 Å². The summed E-state index contributed by atoms with van der Waals surface area (Å²) in [5.74, 6) is 0.0380. The lowest BCUT2D eigenvalue weighted by atomic mass is 10.1. The largest absolute Gasteiger partial charge is 0.483 e. The molecular weight excluding hydrogens is 503 g/mol. The highest BCUT2D eigenvalue weighted by molar-refractivity contribution is 9.10. The van der Waals surface area contributed by atoms with Crippen molar-refractivity contribution in [3.8, 4) is 5.75 Å². The lowest BCUT2D eigenvalue weighted by Crippen LogP contribution is -2.51. The fourth-order valence-electron chi connectivity index (χ4n) is 2.96. The molecule has 1 N–H and O–H groups in total. The summed E-state index contributed by atoms with van der Waals surface area (Å²) >= 11 is 15.3. The molecule has 0 fully saturated rings. The summed E-state index contributed by atoms with van der Waals surface area (Å²) in [4.78, 5) is 27.7. The molecule has 31 heavy (non-hydrogen) atoms. The van der Waals surface area contributed by atoms with Gasteiger partial charge in [0.25, 0.3) is 5.91 Å². The molecule has 0 bridgehead atoms. The zero-order valence-corrected chi connectivity index (χ0v) is 20.9. The number of nitrogens with one attached hydrogen (secondary N) is 1. The maximum Gasteiger partial charge on any atom is 0.261 e. The molecule has 0 saturated heterocycles. The molecule has 0 aromatic heterocycles. The lowest BCUT2D eigenvalue weighted by Gasteiger charge is -2.31. The molecule has 0 radical (unpaired) electrons. The van der Waals surface area contributed by atoms with Crippen LogP contribution in [0.1, 0.15) is 39.2 Å². The molecule has 2 atom stereocenters. The summed E-state index contributed by atoms with van der Waals surface area (Å²) in [6.07, 6.45) is 1.28. The average Bonchev–Trinajstić information content (AvgIpc) is 2.74. The van der Waals surface area contributed by atoms with Gasteiger partial charge >= 0.3 is 0 Å². The van der Waals surface area contributed by atoms with Gasteiger partial charge in [-0.15, -0.1) is 0 Å². The number of carbonyl (C=O) groups excluding carboxylic acids is 2. The Morgan fingerprint density at radius 1 is 1.06 bits per heavy atom. The molecule has 0 aliphatic carbocycles. The van der Waals surface area contributed by atoms with E-state index in [-0.39, 0.29) is 31.0 Å². The second kappa shape index (κ2) is 12.3. The van der Waals surface area contributed by atoms with Gasteiger partial charge in [0.05, 0.1) is 4.47 Å². The molecule has 0 spiro atoms. The van der Waals surface area contributed by atoms with Crippen molar-refractivity contribution in [3.05, 3.63) is 62.5 Å². The number of hydrogen-bond acceptors (Lipinski definition) is 3. The Morgan fingerprint density at radius 3 is 2.29 bits per heavy atom. The minimum Gasteiger partial charge on any atom is -0.483 e. The van der Waals surface area contributed by atoms with Crippen LogP contribution in [0.15, 0.2) is 46.9 Å².